The second kappa shape index (κ2) is 16.9. The number of esters is 2. The number of ether oxygens (including phenoxy) is 2. The van der Waals surface area contributed by atoms with Crippen molar-refractivity contribution < 1.29 is 19.1 Å². The number of hydrogen-bond acceptors (Lipinski definition) is 10. The molecule has 0 saturated carbocycles. The van der Waals surface area contributed by atoms with Gasteiger partial charge in [0.25, 0.3) is 0 Å². The molecular formula is C26H30O4S6. The van der Waals surface area contributed by atoms with Gasteiger partial charge in [0.05, 0.1) is 9.16 Å². The van der Waals surface area contributed by atoms with E-state index in [0.29, 0.717) is 22.4 Å². The standard InChI is InChI=1S/C26H30O4S6/c1-3-23(27)29-13-21-15-33-25(35-21)17-31-10-8-19-6-5-7-20(12-19)9-11-32-18-26-34-16-22(36-26)14-30-24(28)4-2/h3-7,12,15-16,25-26H,1-2,8-11,13-14,17-18H2. The average molecular weight is 599 g/mol. The molecule has 0 bridgehead atoms. The highest BCUT2D eigenvalue weighted by molar-refractivity contribution is 8.24. The minimum absolute atomic E-state index is 0.345. The van der Waals surface area contributed by atoms with Crippen LogP contribution in [-0.2, 0) is 31.9 Å². The summed E-state index contributed by atoms with van der Waals surface area (Å²) in [6, 6.07) is 8.97. The zero-order chi connectivity index (χ0) is 25.6. The molecule has 0 aromatic heterocycles. The van der Waals surface area contributed by atoms with Gasteiger partial charge in [-0.1, -0.05) is 37.4 Å². The predicted molar refractivity (Wildman–Crippen MR) is 165 cm³/mol. The van der Waals surface area contributed by atoms with Gasteiger partial charge >= 0.3 is 11.9 Å². The molecule has 2 unspecified atom stereocenters. The van der Waals surface area contributed by atoms with Crippen LogP contribution in [0.3, 0.4) is 0 Å². The summed E-state index contributed by atoms with van der Waals surface area (Å²) in [5, 5.41) is 4.21. The van der Waals surface area contributed by atoms with Crippen LogP contribution in [0.1, 0.15) is 11.1 Å². The van der Waals surface area contributed by atoms with Crippen LogP contribution >= 0.6 is 70.6 Å². The molecule has 0 amide bonds. The number of benzene rings is 1. The summed E-state index contributed by atoms with van der Waals surface area (Å²) in [4.78, 5) is 24.6. The minimum atomic E-state index is -0.372. The van der Waals surface area contributed by atoms with E-state index in [0.717, 1.165) is 45.7 Å². The molecule has 2 aliphatic rings. The Labute approximate surface area is 239 Å². The molecule has 4 nitrogen and oxygen atoms in total. The maximum atomic E-state index is 11.2. The van der Waals surface area contributed by atoms with Gasteiger partial charge in [-0.3, -0.25) is 0 Å². The van der Waals surface area contributed by atoms with E-state index in [9.17, 15) is 9.59 Å². The van der Waals surface area contributed by atoms with Crippen LogP contribution in [0.5, 0.6) is 0 Å². The SMILES string of the molecule is C=CC(=O)OCC1=CSC(CSCCc2cccc(CCSCC3SC=C(COC(=O)C=C)S3)c2)S1. The lowest BCUT2D eigenvalue weighted by atomic mass is 10.1. The first-order valence-electron chi connectivity index (χ1n) is 11.4. The zero-order valence-electron chi connectivity index (χ0n) is 19.9. The summed E-state index contributed by atoms with van der Waals surface area (Å²) in [5.41, 5.74) is 2.80. The van der Waals surface area contributed by atoms with Gasteiger partial charge in [0.1, 0.15) is 13.2 Å². The van der Waals surface area contributed by atoms with E-state index in [2.05, 4.69) is 48.2 Å². The molecule has 36 heavy (non-hydrogen) atoms. The quantitative estimate of drug-likeness (QED) is 0.113. The van der Waals surface area contributed by atoms with Crippen LogP contribution in [-0.4, -0.2) is 57.3 Å². The highest BCUT2D eigenvalue weighted by Gasteiger charge is 2.20. The highest BCUT2D eigenvalue weighted by atomic mass is 32.2. The number of thioether (sulfide) groups is 6. The molecule has 2 aliphatic heterocycles. The Balaban J connectivity index is 1.24. The molecule has 0 spiro atoms. The lowest BCUT2D eigenvalue weighted by Crippen LogP contribution is -2.04. The van der Waals surface area contributed by atoms with E-state index >= 15 is 0 Å². The Hall–Kier alpha value is -0.780. The number of hydrogen-bond donors (Lipinski definition) is 0. The summed E-state index contributed by atoms with van der Waals surface area (Å²) in [6.07, 6.45) is 4.55. The third-order valence-corrected chi connectivity index (χ3v) is 13.1. The number of carbonyl (C=O) groups excluding carboxylic acids is 2. The van der Waals surface area contributed by atoms with Crippen LogP contribution in [0.15, 0.2) is 70.2 Å². The summed E-state index contributed by atoms with van der Waals surface area (Å²) in [6.45, 7) is 7.53. The van der Waals surface area contributed by atoms with Gasteiger partial charge in [0.2, 0.25) is 0 Å². The Morgan fingerprint density at radius 1 is 0.833 bits per heavy atom. The lowest BCUT2D eigenvalue weighted by molar-refractivity contribution is -0.137. The van der Waals surface area contributed by atoms with Crippen LogP contribution in [0.25, 0.3) is 0 Å². The van der Waals surface area contributed by atoms with Crippen molar-refractivity contribution in [1.29, 1.82) is 0 Å². The summed E-state index contributed by atoms with van der Waals surface area (Å²) in [5.74, 6) is 3.61. The maximum Gasteiger partial charge on any atom is 0.330 e. The van der Waals surface area contributed by atoms with E-state index in [1.807, 2.05) is 47.0 Å². The molecule has 2 atom stereocenters. The smallest absolute Gasteiger partial charge is 0.330 e. The largest absolute Gasteiger partial charge is 0.457 e. The molecule has 2 heterocycles. The summed E-state index contributed by atoms with van der Waals surface area (Å²) < 4.78 is 11.2. The molecule has 0 radical (unpaired) electrons. The van der Waals surface area contributed by atoms with Crippen LogP contribution in [0.2, 0.25) is 0 Å². The summed E-state index contributed by atoms with van der Waals surface area (Å²) in [7, 11) is 0. The first kappa shape index (κ1) is 29.8. The fourth-order valence-electron chi connectivity index (χ4n) is 3.12. The highest BCUT2D eigenvalue weighted by Crippen LogP contribution is 2.42. The Morgan fingerprint density at radius 2 is 1.31 bits per heavy atom. The molecule has 0 N–H and O–H groups in total. The average Bonchev–Trinajstić information content (AvgIpc) is 3.56. The van der Waals surface area contributed by atoms with Gasteiger partial charge in [0, 0.05) is 33.5 Å². The first-order chi connectivity index (χ1) is 17.6. The van der Waals surface area contributed by atoms with Crippen molar-refractivity contribution in [2.24, 2.45) is 0 Å². The van der Waals surface area contributed by atoms with Crippen molar-refractivity contribution in [3.8, 4) is 0 Å². The molecule has 0 aliphatic carbocycles. The van der Waals surface area contributed by atoms with Crippen molar-refractivity contribution in [2.45, 2.75) is 22.0 Å². The van der Waals surface area contributed by atoms with Crippen LogP contribution in [0.4, 0.5) is 0 Å². The molecule has 0 saturated heterocycles. The first-order valence-corrected chi connectivity index (χ1v) is 17.3. The molecule has 0 fully saturated rings. The lowest BCUT2D eigenvalue weighted by Gasteiger charge is -2.10. The van der Waals surface area contributed by atoms with E-state index in [1.165, 1.54) is 23.3 Å². The van der Waals surface area contributed by atoms with Gasteiger partial charge in [-0.25, -0.2) is 9.59 Å². The molecule has 3 rings (SSSR count). The Morgan fingerprint density at radius 3 is 1.75 bits per heavy atom. The van der Waals surface area contributed by atoms with Gasteiger partial charge in [-0.2, -0.15) is 23.5 Å². The van der Waals surface area contributed by atoms with Crippen molar-refractivity contribution in [1.82, 2.24) is 0 Å². The molecule has 194 valence electrons. The van der Waals surface area contributed by atoms with Crippen molar-refractivity contribution in [3.63, 3.8) is 0 Å². The van der Waals surface area contributed by atoms with E-state index in [-0.39, 0.29) is 11.9 Å². The van der Waals surface area contributed by atoms with Crippen LogP contribution in [0, 0.1) is 0 Å². The molecule has 10 heteroatoms. The van der Waals surface area contributed by atoms with Crippen LogP contribution < -0.4 is 0 Å². The topological polar surface area (TPSA) is 52.6 Å². The van der Waals surface area contributed by atoms with Gasteiger partial charge in [-0.05, 0) is 46.3 Å². The van der Waals surface area contributed by atoms with Gasteiger partial charge < -0.3 is 9.47 Å². The van der Waals surface area contributed by atoms with Gasteiger partial charge in [0.15, 0.2) is 0 Å². The second-order valence-corrected chi connectivity index (χ2v) is 15.3. The maximum absolute atomic E-state index is 11.2. The predicted octanol–water partition coefficient (Wildman–Crippen LogP) is 6.99. The van der Waals surface area contributed by atoms with Crippen molar-refractivity contribution in [3.05, 3.63) is 81.3 Å². The fraction of sp³-hybridized carbons (Fsp3) is 0.385. The normalized spacial score (nSPS) is 18.9. The molecule has 1 aromatic rings. The van der Waals surface area contributed by atoms with E-state index in [1.54, 1.807) is 23.5 Å². The van der Waals surface area contributed by atoms with E-state index in [4.69, 9.17) is 9.47 Å². The molecule has 1 aromatic carbocycles. The third-order valence-electron chi connectivity index (χ3n) is 4.88. The third kappa shape index (κ3) is 11.3. The van der Waals surface area contributed by atoms with Crippen molar-refractivity contribution >= 4 is 82.5 Å². The van der Waals surface area contributed by atoms with Crippen molar-refractivity contribution in [2.75, 3.05) is 36.2 Å². The minimum Gasteiger partial charge on any atom is -0.457 e. The monoisotopic (exact) mass is 598 g/mol. The zero-order valence-corrected chi connectivity index (χ0v) is 24.8. The Kier molecular flexibility index (Phi) is 14.0. The number of carbonyl (C=O) groups is 2. The number of aryl methyl sites for hydroxylation is 2. The molecular weight excluding hydrogens is 569 g/mol. The fourth-order valence-corrected chi connectivity index (χ4v) is 10.9. The second-order valence-electron chi connectivity index (χ2n) is 7.63. The van der Waals surface area contributed by atoms with E-state index < -0.39 is 0 Å². The van der Waals surface area contributed by atoms with Gasteiger partial charge in [-0.15, -0.1) is 47.0 Å². The Bertz CT molecular complexity index is 904. The summed E-state index contributed by atoms with van der Waals surface area (Å²) >= 11 is 11.2. The number of rotatable bonds is 16.